The molecule has 14 heteroatoms. The summed E-state index contributed by atoms with van der Waals surface area (Å²) in [4.78, 5) is 37.1. The minimum atomic E-state index is -4.94. The molecule has 1 aromatic carbocycles. The van der Waals surface area contributed by atoms with Crippen molar-refractivity contribution in [3.63, 3.8) is 0 Å². The van der Waals surface area contributed by atoms with Gasteiger partial charge < -0.3 is 19.9 Å². The van der Waals surface area contributed by atoms with Crippen LogP contribution in [0.5, 0.6) is 0 Å². The fourth-order valence-corrected chi connectivity index (χ4v) is 2.96. The second kappa shape index (κ2) is 8.17. The highest BCUT2D eigenvalue weighted by atomic mass is 19.4. The van der Waals surface area contributed by atoms with Crippen LogP contribution < -0.4 is 5.32 Å². The Kier molecular flexibility index (Phi) is 5.86. The molecule has 2 N–H and O–H groups in total. The van der Waals surface area contributed by atoms with Gasteiger partial charge in [-0.25, -0.2) is 4.39 Å². The first-order valence-corrected chi connectivity index (χ1v) is 9.09. The molecule has 0 radical (unpaired) electrons. The Morgan fingerprint density at radius 3 is 2.36 bits per heavy atom. The number of aliphatic hydroxyl groups is 1. The lowest BCUT2D eigenvalue weighted by Gasteiger charge is -2.39. The molecule has 0 bridgehead atoms. The van der Waals surface area contributed by atoms with Crippen LogP contribution in [0.25, 0.3) is 0 Å². The Labute approximate surface area is 182 Å². The molecule has 2 aromatic rings. The Hall–Kier alpha value is -3.99. The number of hydrogen-bond acceptors (Lipinski definition) is 8. The minimum Gasteiger partial charge on any atom is -0.399 e. The zero-order valence-corrected chi connectivity index (χ0v) is 16.6. The van der Waals surface area contributed by atoms with Crippen LogP contribution in [-0.4, -0.2) is 38.3 Å². The van der Waals surface area contributed by atoms with Crippen LogP contribution in [0.1, 0.15) is 30.9 Å². The van der Waals surface area contributed by atoms with Crippen molar-refractivity contribution >= 4 is 23.5 Å². The summed E-state index contributed by atoms with van der Waals surface area (Å²) in [5.74, 6) is -7.75. The zero-order chi connectivity index (χ0) is 24.6. The second-order valence-corrected chi connectivity index (χ2v) is 7.03. The number of nitrogens with one attached hydrogen (secondary N) is 1. The third kappa shape index (κ3) is 4.35. The Bertz CT molecular complexity index is 1150. The summed E-state index contributed by atoms with van der Waals surface area (Å²) in [5, 5.41) is 25.4. The number of esters is 2. The number of carbonyl (C=O) groups is 3. The molecule has 0 spiro atoms. The van der Waals surface area contributed by atoms with Gasteiger partial charge in [-0.15, -0.1) is 0 Å². The number of cyclic esters (lactones) is 2. The molecule has 2 heterocycles. The van der Waals surface area contributed by atoms with E-state index < -0.39 is 71.0 Å². The van der Waals surface area contributed by atoms with Gasteiger partial charge >= 0.3 is 24.0 Å². The van der Waals surface area contributed by atoms with Gasteiger partial charge in [0.15, 0.2) is 5.82 Å². The summed E-state index contributed by atoms with van der Waals surface area (Å²) >= 11 is 0. The standard InChI is InChI=1S/C19H14F4N4O6/c1-17(31,16(30)26-12-3-2-10(7-24)13(6-12)18(21,22)23)19(27-9-11(20)8-25-27)32-14(28)4-5-15(29)33-19/h2-3,6,8-9,31H,4-5H2,1H3,(H,26,30)/t17-/m0/s1. The maximum Gasteiger partial charge on any atom is 0.417 e. The number of rotatable bonds is 4. The van der Waals surface area contributed by atoms with Crippen molar-refractivity contribution < 1.29 is 46.5 Å². The number of anilines is 1. The first-order chi connectivity index (χ1) is 15.3. The number of nitriles is 1. The summed E-state index contributed by atoms with van der Waals surface area (Å²) < 4.78 is 63.7. The van der Waals surface area contributed by atoms with Crippen LogP contribution in [0, 0.1) is 17.1 Å². The van der Waals surface area contributed by atoms with Gasteiger partial charge in [-0.1, -0.05) is 0 Å². The number of aromatic nitrogens is 2. The highest BCUT2D eigenvalue weighted by Crippen LogP contribution is 2.38. The van der Waals surface area contributed by atoms with Crippen molar-refractivity contribution in [2.24, 2.45) is 0 Å². The molecular formula is C19H14F4N4O6. The van der Waals surface area contributed by atoms with E-state index in [1.165, 1.54) is 6.07 Å². The van der Waals surface area contributed by atoms with Crippen molar-refractivity contribution in [2.75, 3.05) is 5.32 Å². The number of carbonyl (C=O) groups excluding carboxylic acids is 3. The van der Waals surface area contributed by atoms with Gasteiger partial charge in [0.05, 0.1) is 42.4 Å². The molecule has 1 aromatic heterocycles. The Morgan fingerprint density at radius 2 is 1.88 bits per heavy atom. The van der Waals surface area contributed by atoms with Crippen molar-refractivity contribution in [1.29, 1.82) is 5.26 Å². The number of nitrogens with zero attached hydrogens (tertiary/aromatic N) is 3. The number of alkyl halides is 3. The fourth-order valence-electron chi connectivity index (χ4n) is 2.96. The Balaban J connectivity index is 2.06. The topological polar surface area (TPSA) is 144 Å². The van der Waals surface area contributed by atoms with E-state index in [0.717, 1.165) is 19.1 Å². The molecule has 0 unspecified atom stereocenters. The molecule has 1 aliphatic heterocycles. The third-order valence-corrected chi connectivity index (χ3v) is 4.65. The molecule has 0 saturated carbocycles. The average Bonchev–Trinajstić information content (AvgIpc) is 3.10. The summed E-state index contributed by atoms with van der Waals surface area (Å²) in [6.07, 6.45) is -4.75. The molecule has 0 aliphatic carbocycles. The van der Waals surface area contributed by atoms with E-state index >= 15 is 0 Å². The number of amides is 1. The molecule has 3 rings (SSSR count). The maximum atomic E-state index is 13.6. The number of ether oxygens (including phenoxy) is 2. The molecule has 174 valence electrons. The van der Waals surface area contributed by atoms with Crippen molar-refractivity contribution in [1.82, 2.24) is 9.78 Å². The molecule has 1 saturated heterocycles. The molecule has 1 amide bonds. The van der Waals surface area contributed by atoms with E-state index in [2.05, 4.69) is 5.10 Å². The van der Waals surface area contributed by atoms with E-state index in [1.54, 1.807) is 0 Å². The predicted octanol–water partition coefficient (Wildman–Crippen LogP) is 1.79. The van der Waals surface area contributed by atoms with E-state index in [0.29, 0.717) is 23.1 Å². The monoisotopic (exact) mass is 470 g/mol. The van der Waals surface area contributed by atoms with Gasteiger partial charge in [0.2, 0.25) is 5.60 Å². The van der Waals surface area contributed by atoms with Gasteiger partial charge in [-0.05, 0) is 25.1 Å². The lowest BCUT2D eigenvalue weighted by Crippen LogP contribution is -2.64. The van der Waals surface area contributed by atoms with Crippen LogP contribution >= 0.6 is 0 Å². The van der Waals surface area contributed by atoms with Crippen LogP contribution in [0.2, 0.25) is 0 Å². The SMILES string of the molecule is C[C@](O)(C(=O)Nc1ccc(C#N)c(C(F)(F)F)c1)C1(n2cc(F)cn2)OC(=O)CCC(=O)O1. The summed E-state index contributed by atoms with van der Waals surface area (Å²) in [6, 6.07) is 3.55. The molecule has 33 heavy (non-hydrogen) atoms. The van der Waals surface area contributed by atoms with E-state index in [9.17, 15) is 37.1 Å². The van der Waals surface area contributed by atoms with E-state index in [4.69, 9.17) is 14.7 Å². The zero-order valence-electron chi connectivity index (χ0n) is 16.6. The van der Waals surface area contributed by atoms with Crippen LogP contribution in [0.4, 0.5) is 23.2 Å². The van der Waals surface area contributed by atoms with E-state index in [1.807, 2.05) is 5.32 Å². The lowest BCUT2D eigenvalue weighted by molar-refractivity contribution is -0.325. The lowest BCUT2D eigenvalue weighted by atomic mass is 9.99. The van der Waals surface area contributed by atoms with E-state index in [-0.39, 0.29) is 0 Å². The number of benzene rings is 1. The van der Waals surface area contributed by atoms with Gasteiger partial charge in [0, 0.05) is 5.69 Å². The van der Waals surface area contributed by atoms with Gasteiger partial charge in [-0.3, -0.25) is 14.4 Å². The molecular weight excluding hydrogens is 456 g/mol. The fraction of sp³-hybridized carbons (Fsp3) is 0.316. The minimum absolute atomic E-state index is 0.392. The van der Waals surface area contributed by atoms with Crippen molar-refractivity contribution in [3.8, 4) is 6.07 Å². The van der Waals surface area contributed by atoms with Crippen molar-refractivity contribution in [2.45, 2.75) is 37.5 Å². The van der Waals surface area contributed by atoms with Gasteiger partial charge in [0.1, 0.15) is 0 Å². The Morgan fingerprint density at radius 1 is 1.27 bits per heavy atom. The molecule has 10 nitrogen and oxygen atoms in total. The molecule has 1 aliphatic rings. The smallest absolute Gasteiger partial charge is 0.399 e. The van der Waals surface area contributed by atoms with Crippen LogP contribution in [-0.2, 0) is 35.9 Å². The second-order valence-electron chi connectivity index (χ2n) is 7.03. The maximum absolute atomic E-state index is 13.6. The average molecular weight is 470 g/mol. The largest absolute Gasteiger partial charge is 0.417 e. The highest BCUT2D eigenvalue weighted by Gasteiger charge is 2.63. The summed E-state index contributed by atoms with van der Waals surface area (Å²) in [6.45, 7) is 0.724. The highest BCUT2D eigenvalue weighted by molar-refractivity contribution is 5.98. The van der Waals surface area contributed by atoms with Gasteiger partial charge in [0.25, 0.3) is 5.91 Å². The molecule has 1 fully saturated rings. The predicted molar refractivity (Wildman–Crippen MR) is 97.0 cm³/mol. The van der Waals surface area contributed by atoms with Gasteiger partial charge in [-0.2, -0.15) is 28.2 Å². The summed E-state index contributed by atoms with van der Waals surface area (Å²) in [7, 11) is 0. The normalized spacial score (nSPS) is 17.7. The third-order valence-electron chi connectivity index (χ3n) is 4.65. The quantitative estimate of drug-likeness (QED) is 0.509. The van der Waals surface area contributed by atoms with Crippen LogP contribution in [0.15, 0.2) is 30.6 Å². The number of halogens is 4. The number of hydrogen-bond donors (Lipinski definition) is 2. The van der Waals surface area contributed by atoms with Crippen molar-refractivity contribution in [3.05, 3.63) is 47.5 Å². The summed E-state index contributed by atoms with van der Waals surface area (Å²) in [5.41, 5.74) is -5.62. The first-order valence-electron chi connectivity index (χ1n) is 9.09. The molecule has 1 atom stereocenters. The first kappa shape index (κ1) is 23.7. The van der Waals surface area contributed by atoms with Crippen LogP contribution in [0.3, 0.4) is 0 Å².